The van der Waals surface area contributed by atoms with Gasteiger partial charge in [-0.1, -0.05) is 5.92 Å². The van der Waals surface area contributed by atoms with Crippen molar-refractivity contribution in [1.82, 2.24) is 0 Å². The lowest BCUT2D eigenvalue weighted by molar-refractivity contribution is -0.274. The summed E-state index contributed by atoms with van der Waals surface area (Å²) in [6.45, 7) is 1.51. The molecule has 162 valence electrons. The number of phenolic OH excluding ortho intramolecular Hbond substituents is 1. The van der Waals surface area contributed by atoms with Crippen LogP contribution in [-0.2, 0) is 9.59 Å². The van der Waals surface area contributed by atoms with Gasteiger partial charge < -0.3 is 30.3 Å². The molecule has 11 heteroatoms. The number of alkyl halides is 3. The molecule has 1 heterocycles. The van der Waals surface area contributed by atoms with Gasteiger partial charge in [-0.25, -0.2) is 4.79 Å². The Morgan fingerprint density at radius 2 is 2.03 bits per heavy atom. The minimum atomic E-state index is -4.84. The summed E-state index contributed by atoms with van der Waals surface area (Å²) in [5, 5.41) is 24.0. The van der Waals surface area contributed by atoms with Gasteiger partial charge in [-0.3, -0.25) is 4.79 Å². The van der Waals surface area contributed by atoms with Crippen LogP contribution in [0.2, 0.25) is 0 Å². The maximum absolute atomic E-state index is 12.6. The summed E-state index contributed by atoms with van der Waals surface area (Å²) in [7, 11) is 0. The third kappa shape index (κ3) is 5.51. The number of benzene rings is 2. The molecule has 0 saturated heterocycles. The van der Waals surface area contributed by atoms with Crippen molar-refractivity contribution in [2.75, 3.05) is 17.2 Å². The second-order valence-electron chi connectivity index (χ2n) is 6.42. The normalized spacial score (nSPS) is 14.8. The first-order chi connectivity index (χ1) is 14.5. The Labute approximate surface area is 173 Å². The number of carboxylic acids is 1. The highest BCUT2D eigenvalue weighted by molar-refractivity contribution is 5.97. The fraction of sp³-hybridized carbons (Fsp3) is 0.200. The molecule has 0 fully saturated rings. The van der Waals surface area contributed by atoms with Crippen molar-refractivity contribution in [3.63, 3.8) is 0 Å². The standard InChI is InChI=1S/C20H15F3N2O6/c1-10-6-11(2-5-18(27)28)13(8-15(10)26)25-19(29)17-9-24-14-7-12(31-20(21,22)23)3-4-16(14)30-17/h3-4,6-8,17,24,26H,9H2,1H3,(H,25,29)(H,27,28). The number of aryl methyl sites for hydroxylation is 1. The van der Waals surface area contributed by atoms with Gasteiger partial charge in [-0.15, -0.1) is 13.2 Å². The van der Waals surface area contributed by atoms with E-state index >= 15 is 0 Å². The number of phenols is 1. The summed E-state index contributed by atoms with van der Waals surface area (Å²) in [5.74, 6) is 1.87. The van der Waals surface area contributed by atoms with E-state index in [9.17, 15) is 27.9 Å². The van der Waals surface area contributed by atoms with Gasteiger partial charge in [0.2, 0.25) is 0 Å². The number of hydrogen-bond donors (Lipinski definition) is 4. The number of carbonyl (C=O) groups is 2. The van der Waals surface area contributed by atoms with E-state index in [2.05, 4.69) is 21.3 Å². The van der Waals surface area contributed by atoms with Gasteiger partial charge in [0.1, 0.15) is 17.2 Å². The third-order valence-electron chi connectivity index (χ3n) is 4.12. The van der Waals surface area contributed by atoms with Crippen molar-refractivity contribution in [1.29, 1.82) is 0 Å². The number of hydrogen-bond acceptors (Lipinski definition) is 6. The summed E-state index contributed by atoms with van der Waals surface area (Å²) in [6, 6.07) is 6.01. The van der Waals surface area contributed by atoms with Crippen LogP contribution < -0.4 is 20.1 Å². The molecule has 1 unspecified atom stereocenters. The van der Waals surface area contributed by atoms with Crippen molar-refractivity contribution in [3.05, 3.63) is 41.5 Å². The highest BCUT2D eigenvalue weighted by Gasteiger charge is 2.32. The average Bonchev–Trinajstić information content (AvgIpc) is 2.67. The Balaban J connectivity index is 1.77. The van der Waals surface area contributed by atoms with Crippen LogP contribution in [0.5, 0.6) is 17.2 Å². The van der Waals surface area contributed by atoms with Gasteiger partial charge in [-0.2, -0.15) is 0 Å². The summed E-state index contributed by atoms with van der Waals surface area (Å²) in [5.41, 5.74) is 0.884. The molecule has 0 aliphatic carbocycles. The van der Waals surface area contributed by atoms with E-state index in [0.29, 0.717) is 5.56 Å². The Kier molecular flexibility index (Phi) is 5.83. The van der Waals surface area contributed by atoms with Crippen LogP contribution in [0.3, 0.4) is 0 Å². The number of nitrogens with one attached hydrogen (secondary N) is 2. The number of halogens is 3. The molecule has 2 aromatic rings. The second kappa shape index (κ2) is 8.35. The van der Waals surface area contributed by atoms with Crippen LogP contribution in [0.4, 0.5) is 24.5 Å². The van der Waals surface area contributed by atoms with Crippen LogP contribution >= 0.6 is 0 Å². The number of rotatable bonds is 3. The van der Waals surface area contributed by atoms with Gasteiger partial charge in [0.25, 0.3) is 5.91 Å². The maximum atomic E-state index is 12.6. The molecule has 1 amide bonds. The smallest absolute Gasteiger partial charge is 0.508 e. The van der Waals surface area contributed by atoms with E-state index in [1.165, 1.54) is 18.2 Å². The molecule has 1 atom stereocenters. The fourth-order valence-electron chi connectivity index (χ4n) is 2.73. The average molecular weight is 436 g/mol. The van der Waals surface area contributed by atoms with Gasteiger partial charge in [0, 0.05) is 23.6 Å². The van der Waals surface area contributed by atoms with E-state index in [0.717, 1.165) is 12.1 Å². The number of fused-ring (bicyclic) bond motifs is 1. The molecule has 0 bridgehead atoms. The Bertz CT molecular complexity index is 1100. The topological polar surface area (TPSA) is 117 Å². The fourth-order valence-corrected chi connectivity index (χ4v) is 2.73. The predicted octanol–water partition coefficient (Wildman–Crippen LogP) is 2.85. The Hall–Kier alpha value is -4.07. The molecule has 0 spiro atoms. The monoisotopic (exact) mass is 436 g/mol. The predicted molar refractivity (Wildman–Crippen MR) is 102 cm³/mol. The van der Waals surface area contributed by atoms with Crippen molar-refractivity contribution in [3.8, 4) is 29.1 Å². The van der Waals surface area contributed by atoms with Gasteiger partial charge in [0.15, 0.2) is 6.10 Å². The largest absolute Gasteiger partial charge is 0.573 e. The summed E-state index contributed by atoms with van der Waals surface area (Å²) in [4.78, 5) is 23.3. The number of aliphatic carboxylic acids is 1. The molecular weight excluding hydrogens is 421 g/mol. The minimum Gasteiger partial charge on any atom is -0.508 e. The van der Waals surface area contributed by atoms with E-state index < -0.39 is 30.1 Å². The number of amides is 1. The summed E-state index contributed by atoms with van der Waals surface area (Å²) >= 11 is 0. The molecule has 1 aliphatic rings. The molecule has 0 aromatic heterocycles. The van der Waals surface area contributed by atoms with Crippen molar-refractivity contribution >= 4 is 23.3 Å². The molecule has 1 aliphatic heterocycles. The van der Waals surface area contributed by atoms with Crippen LogP contribution in [0.1, 0.15) is 11.1 Å². The van der Waals surface area contributed by atoms with Crippen molar-refractivity contribution in [2.24, 2.45) is 0 Å². The lowest BCUT2D eigenvalue weighted by atomic mass is 10.1. The number of carboxylic acid groups (broad SMARTS) is 1. The molecule has 4 N–H and O–H groups in total. The van der Waals surface area contributed by atoms with Crippen LogP contribution in [-0.4, -0.2) is 41.1 Å². The Morgan fingerprint density at radius 3 is 2.71 bits per heavy atom. The number of aromatic hydroxyl groups is 1. The summed E-state index contributed by atoms with van der Waals surface area (Å²) in [6.07, 6.45) is -5.90. The van der Waals surface area contributed by atoms with Crippen molar-refractivity contribution < 1.29 is 42.4 Å². The molecule has 3 rings (SSSR count). The van der Waals surface area contributed by atoms with E-state index in [-0.39, 0.29) is 35.0 Å². The first-order valence-corrected chi connectivity index (χ1v) is 8.71. The molecular formula is C20H15F3N2O6. The highest BCUT2D eigenvalue weighted by atomic mass is 19.4. The third-order valence-corrected chi connectivity index (χ3v) is 4.12. The van der Waals surface area contributed by atoms with E-state index in [4.69, 9.17) is 9.84 Å². The SMILES string of the molecule is Cc1cc(C#CC(=O)O)c(NC(=O)C2CNc3cc(OC(F)(F)F)ccc3O2)cc1O. The first kappa shape index (κ1) is 21.6. The van der Waals surface area contributed by atoms with Gasteiger partial charge >= 0.3 is 12.3 Å². The second-order valence-corrected chi connectivity index (χ2v) is 6.42. The zero-order chi connectivity index (χ0) is 22.8. The van der Waals surface area contributed by atoms with Crippen molar-refractivity contribution in [2.45, 2.75) is 19.4 Å². The zero-order valence-electron chi connectivity index (χ0n) is 15.8. The highest BCUT2D eigenvalue weighted by Crippen LogP contribution is 2.35. The lowest BCUT2D eigenvalue weighted by Gasteiger charge is -2.27. The molecule has 0 saturated carbocycles. The number of carbonyl (C=O) groups excluding carboxylic acids is 1. The van der Waals surface area contributed by atoms with Crippen LogP contribution in [0.15, 0.2) is 30.3 Å². The lowest BCUT2D eigenvalue weighted by Crippen LogP contribution is -2.41. The van der Waals surface area contributed by atoms with Crippen LogP contribution in [0, 0.1) is 18.8 Å². The molecule has 31 heavy (non-hydrogen) atoms. The zero-order valence-corrected chi connectivity index (χ0v) is 15.8. The molecule has 8 nitrogen and oxygen atoms in total. The quantitative estimate of drug-likeness (QED) is 0.547. The van der Waals surface area contributed by atoms with Crippen LogP contribution in [0.25, 0.3) is 0 Å². The Morgan fingerprint density at radius 1 is 1.29 bits per heavy atom. The first-order valence-electron chi connectivity index (χ1n) is 8.71. The molecule has 0 radical (unpaired) electrons. The molecule has 2 aromatic carbocycles. The summed E-state index contributed by atoms with van der Waals surface area (Å²) < 4.78 is 46.4. The number of ether oxygens (including phenoxy) is 2. The van der Waals surface area contributed by atoms with Gasteiger partial charge in [-0.05, 0) is 30.7 Å². The van der Waals surface area contributed by atoms with Gasteiger partial charge in [0.05, 0.1) is 17.9 Å². The maximum Gasteiger partial charge on any atom is 0.573 e. The van der Waals surface area contributed by atoms with E-state index in [1.807, 2.05) is 5.92 Å². The minimum absolute atomic E-state index is 0.0672. The number of anilines is 2. The van der Waals surface area contributed by atoms with E-state index in [1.54, 1.807) is 6.92 Å².